The molecule has 0 aromatic heterocycles. The van der Waals surface area contributed by atoms with Gasteiger partial charge in [0.1, 0.15) is 0 Å². The number of carbonyl (C=O) groups is 2. The van der Waals surface area contributed by atoms with E-state index in [1.54, 1.807) is 6.08 Å². The number of amides is 1. The minimum Gasteiger partial charge on any atom is -0.466 e. The highest BCUT2D eigenvalue weighted by atomic mass is 16.5. The zero-order valence-electron chi connectivity index (χ0n) is 47.3. The first-order chi connectivity index (χ1) is 34.5. The van der Waals surface area contributed by atoms with Crippen LogP contribution in [0.4, 0.5) is 0 Å². The SMILES string of the molecule is CCCCCCCCC/C=C\CCCCCCCCCC(=O)OCCCCCCCCCCCCCCCCCCCCCCCCCCC(=O)NC(CO)C(O)/C=C/CCCCCCCCCCC. The van der Waals surface area contributed by atoms with Crippen molar-refractivity contribution >= 4 is 11.9 Å². The van der Waals surface area contributed by atoms with E-state index in [1.807, 2.05) is 6.08 Å². The first kappa shape index (κ1) is 68.3. The lowest BCUT2D eigenvalue weighted by Gasteiger charge is -2.20. The lowest BCUT2D eigenvalue weighted by Crippen LogP contribution is -2.45. The molecule has 0 aliphatic heterocycles. The number of esters is 1. The monoisotopic (exact) mass is 986 g/mol. The Morgan fingerprint density at radius 1 is 0.386 bits per heavy atom. The van der Waals surface area contributed by atoms with E-state index < -0.39 is 12.1 Å². The number of hydrogen-bond donors (Lipinski definition) is 3. The van der Waals surface area contributed by atoms with E-state index in [9.17, 15) is 19.8 Å². The zero-order valence-corrected chi connectivity index (χ0v) is 47.3. The smallest absolute Gasteiger partial charge is 0.305 e. The summed E-state index contributed by atoms with van der Waals surface area (Å²) in [6, 6.07) is -0.625. The second-order valence-corrected chi connectivity index (χ2v) is 21.7. The predicted molar refractivity (Wildman–Crippen MR) is 306 cm³/mol. The van der Waals surface area contributed by atoms with Gasteiger partial charge in [-0.3, -0.25) is 9.59 Å². The van der Waals surface area contributed by atoms with Gasteiger partial charge < -0.3 is 20.3 Å². The number of ether oxygens (including phenoxy) is 1. The van der Waals surface area contributed by atoms with Crippen molar-refractivity contribution in [3.8, 4) is 0 Å². The Morgan fingerprint density at radius 2 is 0.671 bits per heavy atom. The second-order valence-electron chi connectivity index (χ2n) is 21.7. The molecule has 6 heteroatoms. The van der Waals surface area contributed by atoms with Crippen molar-refractivity contribution < 1.29 is 24.5 Å². The molecule has 0 heterocycles. The Kier molecular flexibility index (Phi) is 58.5. The van der Waals surface area contributed by atoms with Gasteiger partial charge in [-0.2, -0.15) is 0 Å². The molecule has 0 saturated carbocycles. The van der Waals surface area contributed by atoms with Crippen LogP contribution in [0, 0.1) is 0 Å². The Hall–Kier alpha value is -1.66. The maximum Gasteiger partial charge on any atom is 0.305 e. The molecule has 0 aromatic carbocycles. The largest absolute Gasteiger partial charge is 0.466 e. The summed E-state index contributed by atoms with van der Waals surface area (Å²) in [6.07, 6.45) is 73.7. The summed E-state index contributed by atoms with van der Waals surface area (Å²) in [5.74, 6) is -0.0547. The third-order valence-electron chi connectivity index (χ3n) is 14.7. The van der Waals surface area contributed by atoms with Gasteiger partial charge in [-0.25, -0.2) is 0 Å². The molecule has 6 nitrogen and oxygen atoms in total. The average molecular weight is 987 g/mol. The van der Waals surface area contributed by atoms with E-state index in [-0.39, 0.29) is 18.5 Å². The molecule has 0 saturated heterocycles. The minimum absolute atomic E-state index is 0.0123. The van der Waals surface area contributed by atoms with Gasteiger partial charge in [0.05, 0.1) is 25.4 Å². The maximum absolute atomic E-state index is 12.4. The van der Waals surface area contributed by atoms with Crippen molar-refractivity contribution in [2.75, 3.05) is 13.2 Å². The van der Waals surface area contributed by atoms with Crippen LogP contribution in [0.15, 0.2) is 24.3 Å². The molecule has 3 N–H and O–H groups in total. The molecule has 1 amide bonds. The van der Waals surface area contributed by atoms with E-state index in [2.05, 4.69) is 31.3 Å². The van der Waals surface area contributed by atoms with Crippen molar-refractivity contribution in [1.29, 1.82) is 0 Å². The van der Waals surface area contributed by atoms with Crippen LogP contribution in [-0.2, 0) is 14.3 Å². The quantitative estimate of drug-likeness (QED) is 0.0321. The fourth-order valence-electron chi connectivity index (χ4n) is 9.87. The topological polar surface area (TPSA) is 95.9 Å². The summed E-state index contributed by atoms with van der Waals surface area (Å²) in [6.45, 7) is 4.91. The van der Waals surface area contributed by atoms with Crippen LogP contribution in [0.25, 0.3) is 0 Å². The molecule has 2 atom stereocenters. The van der Waals surface area contributed by atoms with Gasteiger partial charge in [0.25, 0.3) is 0 Å². The molecule has 414 valence electrons. The standard InChI is InChI=1S/C64H123NO5/c1-3-5-7-9-11-13-15-16-17-18-28-31-34-38-42-46-50-54-58-64(69)70-59-55-51-47-43-39-35-32-29-26-24-22-20-19-21-23-25-27-30-33-37-41-45-49-53-57-63(68)65-61(60-66)62(67)56-52-48-44-40-36-14-12-10-8-6-4-2/h17-18,52,56,61-62,66-67H,3-16,19-51,53-55,57-60H2,1-2H3,(H,65,68)/b18-17-,56-52+. The summed E-state index contributed by atoms with van der Waals surface area (Å²) in [5.41, 5.74) is 0. The number of hydrogen-bond acceptors (Lipinski definition) is 5. The first-order valence-electron chi connectivity index (χ1n) is 31.6. The van der Waals surface area contributed by atoms with E-state index in [0.717, 1.165) is 44.9 Å². The molecule has 0 fully saturated rings. The number of carbonyl (C=O) groups excluding carboxylic acids is 2. The van der Waals surface area contributed by atoms with Gasteiger partial charge in [0.15, 0.2) is 0 Å². The Bertz CT molecular complexity index is 1090. The van der Waals surface area contributed by atoms with Crippen LogP contribution in [0.1, 0.15) is 348 Å². The van der Waals surface area contributed by atoms with Gasteiger partial charge in [-0.05, 0) is 57.8 Å². The minimum atomic E-state index is -0.842. The number of nitrogens with one attached hydrogen (secondary N) is 1. The van der Waals surface area contributed by atoms with Crippen LogP contribution in [0.2, 0.25) is 0 Å². The van der Waals surface area contributed by atoms with Crippen LogP contribution in [0.5, 0.6) is 0 Å². The van der Waals surface area contributed by atoms with Gasteiger partial charge in [-0.1, -0.05) is 301 Å². The number of allylic oxidation sites excluding steroid dienone is 3. The van der Waals surface area contributed by atoms with Crippen LogP contribution >= 0.6 is 0 Å². The molecule has 0 radical (unpaired) electrons. The molecule has 0 bridgehead atoms. The highest BCUT2D eigenvalue weighted by Gasteiger charge is 2.18. The molecule has 0 aromatic rings. The molecular weight excluding hydrogens is 863 g/mol. The van der Waals surface area contributed by atoms with Crippen molar-refractivity contribution in [1.82, 2.24) is 5.32 Å². The average Bonchev–Trinajstić information content (AvgIpc) is 3.36. The van der Waals surface area contributed by atoms with Gasteiger partial charge in [0, 0.05) is 12.8 Å². The zero-order chi connectivity index (χ0) is 50.7. The highest BCUT2D eigenvalue weighted by Crippen LogP contribution is 2.18. The lowest BCUT2D eigenvalue weighted by molar-refractivity contribution is -0.143. The molecule has 0 rings (SSSR count). The molecule has 2 unspecified atom stereocenters. The maximum atomic E-state index is 12.4. The van der Waals surface area contributed by atoms with Crippen molar-refractivity contribution in [2.24, 2.45) is 0 Å². The molecular formula is C64H123NO5. The summed E-state index contributed by atoms with van der Waals surface area (Å²) >= 11 is 0. The van der Waals surface area contributed by atoms with E-state index in [1.165, 1.54) is 276 Å². The Labute approximate surface area is 437 Å². The van der Waals surface area contributed by atoms with E-state index in [0.29, 0.717) is 19.4 Å². The second kappa shape index (κ2) is 59.9. The summed E-state index contributed by atoms with van der Waals surface area (Å²) in [5, 5.41) is 23.0. The van der Waals surface area contributed by atoms with Crippen LogP contribution < -0.4 is 5.32 Å². The van der Waals surface area contributed by atoms with Gasteiger partial charge in [-0.15, -0.1) is 0 Å². The molecule has 0 aliphatic rings. The fourth-order valence-corrected chi connectivity index (χ4v) is 9.87. The first-order valence-corrected chi connectivity index (χ1v) is 31.6. The number of rotatable bonds is 59. The third-order valence-corrected chi connectivity index (χ3v) is 14.7. The lowest BCUT2D eigenvalue weighted by atomic mass is 10.0. The summed E-state index contributed by atoms with van der Waals surface area (Å²) < 4.78 is 5.50. The van der Waals surface area contributed by atoms with Crippen molar-refractivity contribution in [3.63, 3.8) is 0 Å². The molecule has 0 aliphatic carbocycles. The number of aliphatic hydroxyl groups is 2. The Morgan fingerprint density at radius 3 is 1.01 bits per heavy atom. The van der Waals surface area contributed by atoms with Crippen LogP contribution in [-0.4, -0.2) is 47.4 Å². The number of unbranched alkanes of at least 4 members (excludes halogenated alkanes) is 46. The Balaban J connectivity index is 3.35. The predicted octanol–water partition coefficient (Wildman–Crippen LogP) is 19.8. The van der Waals surface area contributed by atoms with Gasteiger partial charge >= 0.3 is 5.97 Å². The summed E-state index contributed by atoms with van der Waals surface area (Å²) in [4.78, 5) is 24.5. The number of aliphatic hydroxyl groups excluding tert-OH is 2. The highest BCUT2D eigenvalue weighted by molar-refractivity contribution is 5.76. The van der Waals surface area contributed by atoms with E-state index in [4.69, 9.17) is 4.74 Å². The van der Waals surface area contributed by atoms with E-state index >= 15 is 0 Å². The normalized spacial score (nSPS) is 12.7. The van der Waals surface area contributed by atoms with Crippen molar-refractivity contribution in [3.05, 3.63) is 24.3 Å². The molecule has 70 heavy (non-hydrogen) atoms. The van der Waals surface area contributed by atoms with Gasteiger partial charge in [0.2, 0.25) is 5.91 Å². The fraction of sp³-hybridized carbons (Fsp3) is 0.906. The van der Waals surface area contributed by atoms with Crippen LogP contribution in [0.3, 0.4) is 0 Å². The molecule has 0 spiro atoms. The third kappa shape index (κ3) is 55.7. The van der Waals surface area contributed by atoms with Crippen molar-refractivity contribution in [2.45, 2.75) is 360 Å². The summed E-state index contributed by atoms with van der Waals surface area (Å²) in [7, 11) is 0.